The monoisotopic (exact) mass is 348 g/mol. The summed E-state index contributed by atoms with van der Waals surface area (Å²) in [6, 6.07) is 11.7. The highest BCUT2D eigenvalue weighted by Crippen LogP contribution is 2.30. The van der Waals surface area contributed by atoms with E-state index in [1.807, 2.05) is 36.4 Å². The van der Waals surface area contributed by atoms with Gasteiger partial charge in [0, 0.05) is 29.2 Å². The van der Waals surface area contributed by atoms with E-state index in [1.54, 1.807) is 7.11 Å². The van der Waals surface area contributed by atoms with E-state index in [2.05, 4.69) is 26.6 Å². The molecule has 2 N–H and O–H groups in total. The quantitative estimate of drug-likeness (QED) is 0.896. The van der Waals surface area contributed by atoms with E-state index < -0.39 is 0 Å². The minimum atomic E-state index is -0.197. The maximum atomic E-state index is 12.4. The molecule has 1 heterocycles. The van der Waals surface area contributed by atoms with Gasteiger partial charge in [0.1, 0.15) is 0 Å². The fourth-order valence-corrected chi connectivity index (χ4v) is 3.15. The van der Waals surface area contributed by atoms with Crippen molar-refractivity contribution in [1.82, 2.24) is 5.32 Å². The van der Waals surface area contributed by atoms with Crippen molar-refractivity contribution >= 4 is 38.3 Å². The number of hydrogen-bond acceptors (Lipinski definition) is 3. The highest BCUT2D eigenvalue weighted by Gasteiger charge is 2.29. The first kappa shape index (κ1) is 14.5. The van der Waals surface area contributed by atoms with E-state index in [9.17, 15) is 4.79 Å². The summed E-state index contributed by atoms with van der Waals surface area (Å²) in [5.74, 6) is -0.0120. The molecule has 1 aliphatic rings. The second-order valence-electron chi connectivity index (χ2n) is 5.18. The van der Waals surface area contributed by atoms with Crippen molar-refractivity contribution in [1.29, 1.82) is 0 Å². The van der Waals surface area contributed by atoms with Crippen molar-refractivity contribution in [2.24, 2.45) is 0 Å². The number of halogens is 1. The molecule has 2 atom stereocenters. The van der Waals surface area contributed by atoms with Crippen molar-refractivity contribution in [3.05, 3.63) is 40.9 Å². The lowest BCUT2D eigenvalue weighted by Gasteiger charge is -2.14. The predicted molar refractivity (Wildman–Crippen MR) is 87.5 cm³/mol. The Hall–Kier alpha value is -1.43. The van der Waals surface area contributed by atoms with E-state index in [-0.39, 0.29) is 18.1 Å². The molecule has 0 aliphatic carbocycles. The lowest BCUT2D eigenvalue weighted by molar-refractivity contribution is -0.117. The zero-order valence-electron chi connectivity index (χ0n) is 11.7. The number of hydrogen-bond donors (Lipinski definition) is 2. The van der Waals surface area contributed by atoms with Crippen LogP contribution in [0.15, 0.2) is 40.9 Å². The molecule has 0 saturated carbocycles. The topological polar surface area (TPSA) is 50.4 Å². The minimum absolute atomic E-state index is 0.0120. The van der Waals surface area contributed by atoms with Gasteiger partial charge in [-0.15, -0.1) is 0 Å². The number of anilines is 1. The Morgan fingerprint density at radius 2 is 2.05 bits per heavy atom. The van der Waals surface area contributed by atoms with E-state index in [1.165, 1.54) is 0 Å². The maximum absolute atomic E-state index is 12.4. The fraction of sp³-hybridized carbons (Fsp3) is 0.312. The second kappa shape index (κ2) is 6.13. The average Bonchev–Trinajstić information content (AvgIpc) is 2.99. The van der Waals surface area contributed by atoms with Crippen LogP contribution < -0.4 is 10.6 Å². The van der Waals surface area contributed by atoms with E-state index in [0.29, 0.717) is 6.42 Å². The average molecular weight is 349 g/mol. The fourth-order valence-electron chi connectivity index (χ4n) is 2.67. The molecule has 2 unspecified atom stereocenters. The third kappa shape index (κ3) is 2.95. The smallest absolute Gasteiger partial charge is 0.241 e. The van der Waals surface area contributed by atoms with E-state index in [0.717, 1.165) is 27.5 Å². The lowest BCUT2D eigenvalue weighted by Crippen LogP contribution is -2.35. The standard InChI is InChI=1S/C16H17BrN2O2/c1-21-10-8-15(18-9-10)16(20)19-14-7-6-13(17)11-4-2-3-5-12(11)14/h2-7,10,15,18H,8-9H2,1H3,(H,19,20). The van der Waals surface area contributed by atoms with Gasteiger partial charge in [0.15, 0.2) is 0 Å². The number of rotatable bonds is 3. The van der Waals surface area contributed by atoms with Gasteiger partial charge in [-0.1, -0.05) is 40.2 Å². The molecule has 0 bridgehead atoms. The number of benzene rings is 2. The number of methoxy groups -OCH3 is 1. The van der Waals surface area contributed by atoms with Crippen molar-refractivity contribution in [2.45, 2.75) is 18.6 Å². The van der Waals surface area contributed by atoms with Gasteiger partial charge >= 0.3 is 0 Å². The normalized spacial score (nSPS) is 21.6. The van der Waals surface area contributed by atoms with Crippen molar-refractivity contribution < 1.29 is 9.53 Å². The molecular weight excluding hydrogens is 332 g/mol. The number of carbonyl (C=O) groups excluding carboxylic acids is 1. The van der Waals surface area contributed by atoms with Crippen LogP contribution in [-0.4, -0.2) is 31.7 Å². The molecule has 0 aromatic heterocycles. The highest BCUT2D eigenvalue weighted by atomic mass is 79.9. The lowest BCUT2D eigenvalue weighted by atomic mass is 10.1. The first-order chi connectivity index (χ1) is 10.2. The highest BCUT2D eigenvalue weighted by molar-refractivity contribution is 9.10. The molecule has 1 amide bonds. The number of amides is 1. The van der Waals surface area contributed by atoms with Gasteiger partial charge in [-0.25, -0.2) is 0 Å². The first-order valence-electron chi connectivity index (χ1n) is 6.93. The first-order valence-corrected chi connectivity index (χ1v) is 7.72. The third-order valence-corrected chi connectivity index (χ3v) is 4.56. The van der Waals surface area contributed by atoms with Crippen molar-refractivity contribution in [2.75, 3.05) is 19.0 Å². The summed E-state index contributed by atoms with van der Waals surface area (Å²) in [6.07, 6.45) is 0.818. The summed E-state index contributed by atoms with van der Waals surface area (Å²) in [4.78, 5) is 12.4. The molecular formula is C16H17BrN2O2. The van der Waals surface area contributed by atoms with Gasteiger partial charge in [-0.2, -0.15) is 0 Å². The molecule has 1 aliphatic heterocycles. The number of fused-ring (bicyclic) bond motifs is 1. The molecule has 1 fully saturated rings. The minimum Gasteiger partial charge on any atom is -0.380 e. The third-order valence-electron chi connectivity index (χ3n) is 3.87. The van der Waals surface area contributed by atoms with Gasteiger partial charge in [-0.05, 0) is 23.9 Å². The zero-order valence-corrected chi connectivity index (χ0v) is 13.3. The molecule has 2 aromatic carbocycles. The van der Waals surface area contributed by atoms with Crippen LogP contribution in [0.25, 0.3) is 10.8 Å². The summed E-state index contributed by atoms with van der Waals surface area (Å²) in [5, 5.41) is 8.33. The Balaban J connectivity index is 1.82. The summed E-state index contributed by atoms with van der Waals surface area (Å²) in [7, 11) is 1.68. The molecule has 4 nitrogen and oxygen atoms in total. The van der Waals surface area contributed by atoms with E-state index >= 15 is 0 Å². The van der Waals surface area contributed by atoms with Crippen LogP contribution in [0.2, 0.25) is 0 Å². The Labute approximate surface area is 132 Å². The summed E-state index contributed by atoms with van der Waals surface area (Å²) in [5.41, 5.74) is 0.835. The Morgan fingerprint density at radius 1 is 1.29 bits per heavy atom. The van der Waals surface area contributed by atoms with Crippen LogP contribution in [-0.2, 0) is 9.53 Å². The molecule has 0 radical (unpaired) electrons. The Kier molecular flexibility index (Phi) is 4.24. The second-order valence-corrected chi connectivity index (χ2v) is 6.04. The molecule has 110 valence electrons. The number of nitrogens with one attached hydrogen (secondary N) is 2. The molecule has 0 spiro atoms. The van der Waals surface area contributed by atoms with Gasteiger partial charge < -0.3 is 15.4 Å². The molecule has 3 rings (SSSR count). The predicted octanol–water partition coefficient (Wildman–Crippen LogP) is 2.92. The van der Waals surface area contributed by atoms with Crippen LogP contribution in [0.4, 0.5) is 5.69 Å². The molecule has 2 aromatic rings. The summed E-state index contributed by atoms with van der Waals surface area (Å²) >= 11 is 3.54. The summed E-state index contributed by atoms with van der Waals surface area (Å²) in [6.45, 7) is 0.718. The van der Waals surface area contributed by atoms with Gasteiger partial charge in [0.25, 0.3) is 0 Å². The SMILES string of the molecule is COC1CNC(C(=O)Nc2ccc(Br)c3ccccc23)C1. The van der Waals surface area contributed by atoms with Crippen LogP contribution in [0.3, 0.4) is 0 Å². The summed E-state index contributed by atoms with van der Waals surface area (Å²) < 4.78 is 6.30. The van der Waals surface area contributed by atoms with Crippen LogP contribution in [0.1, 0.15) is 6.42 Å². The van der Waals surface area contributed by atoms with Crippen molar-refractivity contribution in [3.8, 4) is 0 Å². The Morgan fingerprint density at radius 3 is 2.76 bits per heavy atom. The Bertz CT molecular complexity index is 674. The van der Waals surface area contributed by atoms with Crippen molar-refractivity contribution in [3.63, 3.8) is 0 Å². The number of carbonyl (C=O) groups is 1. The maximum Gasteiger partial charge on any atom is 0.241 e. The van der Waals surface area contributed by atoms with Crippen LogP contribution in [0, 0.1) is 0 Å². The largest absolute Gasteiger partial charge is 0.380 e. The number of ether oxygens (including phenoxy) is 1. The van der Waals surface area contributed by atoms with Crippen LogP contribution in [0.5, 0.6) is 0 Å². The van der Waals surface area contributed by atoms with E-state index in [4.69, 9.17) is 4.74 Å². The van der Waals surface area contributed by atoms with Gasteiger partial charge in [0.05, 0.1) is 12.1 Å². The van der Waals surface area contributed by atoms with Crippen LogP contribution >= 0.6 is 15.9 Å². The molecule has 5 heteroatoms. The van der Waals surface area contributed by atoms with Gasteiger partial charge in [0.2, 0.25) is 5.91 Å². The zero-order chi connectivity index (χ0) is 14.8. The molecule has 21 heavy (non-hydrogen) atoms. The molecule has 1 saturated heterocycles. The van der Waals surface area contributed by atoms with Gasteiger partial charge in [-0.3, -0.25) is 4.79 Å².